The van der Waals surface area contributed by atoms with Crippen molar-refractivity contribution in [2.45, 2.75) is 25.8 Å². The molecule has 4 heterocycles. The lowest BCUT2D eigenvalue weighted by Crippen LogP contribution is -2.39. The molecule has 3 aliphatic rings. The van der Waals surface area contributed by atoms with Gasteiger partial charge in [-0.3, -0.25) is 19.3 Å². The van der Waals surface area contributed by atoms with Gasteiger partial charge in [0.2, 0.25) is 11.8 Å². The predicted octanol–water partition coefficient (Wildman–Crippen LogP) is 1.04. The summed E-state index contributed by atoms with van der Waals surface area (Å²) in [7, 11) is 5.37. The SMILES string of the molecule is COCCN1C(=O)CN(C)C(=O)c2c1sc1c2CCN(C(=O)CC2CCN(C)C2)C1. The number of fused-ring (bicyclic) bond motifs is 3. The molecule has 164 valence electrons. The number of anilines is 1. The summed E-state index contributed by atoms with van der Waals surface area (Å²) in [6.07, 6.45) is 2.32. The van der Waals surface area contributed by atoms with Crippen molar-refractivity contribution < 1.29 is 19.1 Å². The van der Waals surface area contributed by atoms with Crippen LogP contribution in [0.4, 0.5) is 5.00 Å². The summed E-state index contributed by atoms with van der Waals surface area (Å²) in [6.45, 7) is 4.08. The monoisotopic (exact) mass is 434 g/mol. The van der Waals surface area contributed by atoms with E-state index >= 15 is 0 Å². The molecule has 0 N–H and O–H groups in total. The molecule has 30 heavy (non-hydrogen) atoms. The van der Waals surface area contributed by atoms with Crippen LogP contribution in [-0.2, 0) is 27.3 Å². The quantitative estimate of drug-likeness (QED) is 0.692. The summed E-state index contributed by atoms with van der Waals surface area (Å²) in [4.78, 5) is 47.1. The lowest BCUT2D eigenvalue weighted by atomic mass is 9.99. The Labute approximate surface area is 181 Å². The minimum Gasteiger partial charge on any atom is -0.383 e. The molecule has 1 aromatic heterocycles. The van der Waals surface area contributed by atoms with Crippen LogP contribution in [0.3, 0.4) is 0 Å². The Balaban J connectivity index is 1.57. The van der Waals surface area contributed by atoms with E-state index in [1.807, 2.05) is 4.90 Å². The summed E-state index contributed by atoms with van der Waals surface area (Å²) >= 11 is 1.48. The van der Waals surface area contributed by atoms with E-state index in [-0.39, 0.29) is 24.3 Å². The van der Waals surface area contributed by atoms with Gasteiger partial charge in [0.05, 0.1) is 25.3 Å². The summed E-state index contributed by atoms with van der Waals surface area (Å²) in [5.74, 6) is 0.421. The number of methoxy groups -OCH3 is 1. The van der Waals surface area contributed by atoms with E-state index in [1.54, 1.807) is 19.1 Å². The van der Waals surface area contributed by atoms with E-state index < -0.39 is 0 Å². The first kappa shape index (κ1) is 21.3. The van der Waals surface area contributed by atoms with Crippen LogP contribution in [0.1, 0.15) is 33.6 Å². The highest BCUT2D eigenvalue weighted by molar-refractivity contribution is 7.17. The van der Waals surface area contributed by atoms with Crippen LogP contribution in [0.2, 0.25) is 0 Å². The molecular weight excluding hydrogens is 404 g/mol. The summed E-state index contributed by atoms with van der Waals surface area (Å²) in [6, 6.07) is 0. The second-order valence-corrected chi connectivity index (χ2v) is 9.65. The molecular formula is C21H30N4O4S. The topological polar surface area (TPSA) is 73.4 Å². The number of ether oxygens (including phenoxy) is 1. The highest BCUT2D eigenvalue weighted by Crippen LogP contribution is 2.41. The van der Waals surface area contributed by atoms with Crippen LogP contribution in [0.25, 0.3) is 0 Å². The number of likely N-dealkylation sites (N-methyl/N-ethyl adjacent to an activating group) is 1. The Hall–Kier alpha value is -1.97. The number of carbonyl (C=O) groups excluding carboxylic acids is 3. The lowest BCUT2D eigenvalue weighted by Gasteiger charge is -2.28. The zero-order valence-corrected chi connectivity index (χ0v) is 18.8. The van der Waals surface area contributed by atoms with Gasteiger partial charge in [-0.25, -0.2) is 0 Å². The molecule has 0 aliphatic carbocycles. The Morgan fingerprint density at radius 1 is 1.20 bits per heavy atom. The molecule has 1 atom stereocenters. The molecule has 1 unspecified atom stereocenters. The maximum Gasteiger partial charge on any atom is 0.257 e. The first-order chi connectivity index (χ1) is 14.4. The fourth-order valence-corrected chi connectivity index (χ4v) is 6.05. The summed E-state index contributed by atoms with van der Waals surface area (Å²) in [5.41, 5.74) is 1.65. The summed E-state index contributed by atoms with van der Waals surface area (Å²) in [5, 5.41) is 0.711. The molecule has 0 spiro atoms. The number of amides is 3. The molecule has 1 aromatic rings. The van der Waals surface area contributed by atoms with Gasteiger partial charge in [0, 0.05) is 38.5 Å². The van der Waals surface area contributed by atoms with Crippen LogP contribution in [0.5, 0.6) is 0 Å². The van der Waals surface area contributed by atoms with E-state index in [0.717, 1.165) is 30.0 Å². The van der Waals surface area contributed by atoms with Gasteiger partial charge in [-0.15, -0.1) is 11.3 Å². The van der Waals surface area contributed by atoms with Crippen LogP contribution in [0.15, 0.2) is 0 Å². The van der Waals surface area contributed by atoms with E-state index in [0.29, 0.717) is 55.6 Å². The minimum atomic E-state index is -0.107. The molecule has 9 heteroatoms. The van der Waals surface area contributed by atoms with Crippen LogP contribution in [0, 0.1) is 5.92 Å². The van der Waals surface area contributed by atoms with Crippen LogP contribution >= 0.6 is 11.3 Å². The van der Waals surface area contributed by atoms with Crippen molar-refractivity contribution in [2.75, 3.05) is 65.4 Å². The number of thiophene rings is 1. The van der Waals surface area contributed by atoms with Crippen molar-refractivity contribution in [1.82, 2.24) is 14.7 Å². The first-order valence-corrected chi connectivity index (χ1v) is 11.4. The zero-order valence-electron chi connectivity index (χ0n) is 18.0. The van der Waals surface area contributed by atoms with Gasteiger partial charge in [0.1, 0.15) is 11.5 Å². The van der Waals surface area contributed by atoms with Gasteiger partial charge in [-0.1, -0.05) is 0 Å². The second kappa shape index (κ2) is 8.64. The molecule has 0 aromatic carbocycles. The Morgan fingerprint density at radius 3 is 2.70 bits per heavy atom. The molecule has 1 fully saturated rings. The Kier molecular flexibility index (Phi) is 6.13. The number of likely N-dealkylation sites (tertiary alicyclic amines) is 1. The number of hydrogen-bond donors (Lipinski definition) is 0. The fourth-order valence-electron chi connectivity index (χ4n) is 4.65. The third-order valence-electron chi connectivity index (χ3n) is 6.34. The van der Waals surface area contributed by atoms with Gasteiger partial charge >= 0.3 is 0 Å². The van der Waals surface area contributed by atoms with Crippen molar-refractivity contribution in [1.29, 1.82) is 0 Å². The van der Waals surface area contributed by atoms with Crippen molar-refractivity contribution in [3.8, 4) is 0 Å². The van der Waals surface area contributed by atoms with Gasteiger partial charge in [0.25, 0.3) is 5.91 Å². The van der Waals surface area contributed by atoms with Gasteiger partial charge in [-0.2, -0.15) is 0 Å². The second-order valence-electron chi connectivity index (χ2n) is 8.57. The molecule has 0 bridgehead atoms. The Morgan fingerprint density at radius 2 is 2.00 bits per heavy atom. The van der Waals surface area contributed by atoms with Gasteiger partial charge in [-0.05, 0) is 37.9 Å². The molecule has 1 saturated heterocycles. The van der Waals surface area contributed by atoms with E-state index in [1.165, 1.54) is 16.2 Å². The smallest absolute Gasteiger partial charge is 0.257 e. The predicted molar refractivity (Wildman–Crippen MR) is 115 cm³/mol. The Bertz CT molecular complexity index is 854. The van der Waals surface area contributed by atoms with Gasteiger partial charge in [0.15, 0.2) is 0 Å². The molecule has 3 amide bonds. The van der Waals surface area contributed by atoms with Crippen molar-refractivity contribution in [2.24, 2.45) is 5.92 Å². The number of carbonyl (C=O) groups is 3. The van der Waals surface area contributed by atoms with E-state index in [2.05, 4.69) is 11.9 Å². The minimum absolute atomic E-state index is 0.0686. The number of hydrogen-bond acceptors (Lipinski definition) is 6. The first-order valence-electron chi connectivity index (χ1n) is 10.5. The van der Waals surface area contributed by atoms with Crippen molar-refractivity contribution in [3.63, 3.8) is 0 Å². The highest BCUT2D eigenvalue weighted by atomic mass is 32.1. The van der Waals surface area contributed by atoms with Crippen LogP contribution in [-0.4, -0.2) is 93.0 Å². The third kappa shape index (κ3) is 3.98. The summed E-state index contributed by atoms with van der Waals surface area (Å²) < 4.78 is 5.18. The molecule has 0 saturated carbocycles. The maximum absolute atomic E-state index is 13.0. The normalized spacial score (nSPS) is 22.4. The molecule has 0 radical (unpaired) electrons. The average molecular weight is 435 g/mol. The molecule has 8 nitrogen and oxygen atoms in total. The van der Waals surface area contributed by atoms with Crippen LogP contribution < -0.4 is 4.90 Å². The van der Waals surface area contributed by atoms with E-state index in [4.69, 9.17) is 4.74 Å². The molecule has 4 rings (SSSR count). The largest absolute Gasteiger partial charge is 0.383 e. The third-order valence-corrected chi connectivity index (χ3v) is 7.58. The zero-order chi connectivity index (χ0) is 21.4. The lowest BCUT2D eigenvalue weighted by molar-refractivity contribution is -0.133. The average Bonchev–Trinajstić information content (AvgIpc) is 3.27. The standard InChI is InChI=1S/C21H30N4O4S/c1-22-6-4-14(11-22)10-17(26)24-7-5-15-16(12-24)30-21-19(15)20(28)23(2)13-18(27)25(21)8-9-29-3/h14H,4-13H2,1-3H3. The van der Waals surface area contributed by atoms with Crippen molar-refractivity contribution >= 4 is 34.1 Å². The number of rotatable bonds is 5. The van der Waals surface area contributed by atoms with E-state index in [9.17, 15) is 14.4 Å². The number of nitrogens with zero attached hydrogens (tertiary/aromatic N) is 4. The maximum atomic E-state index is 13.0. The highest BCUT2D eigenvalue weighted by Gasteiger charge is 2.37. The molecule has 3 aliphatic heterocycles. The van der Waals surface area contributed by atoms with Crippen molar-refractivity contribution in [3.05, 3.63) is 16.0 Å². The van der Waals surface area contributed by atoms with Gasteiger partial charge < -0.3 is 19.4 Å². The fraction of sp³-hybridized carbons (Fsp3) is 0.667.